The van der Waals surface area contributed by atoms with Gasteiger partial charge in [0.25, 0.3) is 11.1 Å². The van der Waals surface area contributed by atoms with Crippen molar-refractivity contribution in [3.63, 3.8) is 0 Å². The molecular formula is C20H15N3O5S. The average molecular weight is 409 g/mol. The molecule has 0 radical (unpaired) electrons. The van der Waals surface area contributed by atoms with Crippen LogP contribution < -0.4 is 15.4 Å². The van der Waals surface area contributed by atoms with Gasteiger partial charge in [-0.05, 0) is 30.0 Å². The van der Waals surface area contributed by atoms with Crippen LogP contribution in [0.25, 0.3) is 17.0 Å². The van der Waals surface area contributed by atoms with Gasteiger partial charge in [-0.3, -0.25) is 24.7 Å². The molecule has 1 aliphatic rings. The Morgan fingerprint density at radius 1 is 1.31 bits per heavy atom. The third-order valence-electron chi connectivity index (χ3n) is 4.14. The van der Waals surface area contributed by atoms with Gasteiger partial charge >= 0.3 is 0 Å². The van der Waals surface area contributed by atoms with Crippen molar-refractivity contribution in [2.75, 3.05) is 12.4 Å². The van der Waals surface area contributed by atoms with Gasteiger partial charge in [0, 0.05) is 41.2 Å². The zero-order valence-corrected chi connectivity index (χ0v) is 16.0. The van der Waals surface area contributed by atoms with E-state index in [0.29, 0.717) is 33.7 Å². The molecule has 0 unspecified atom stereocenters. The van der Waals surface area contributed by atoms with Crippen molar-refractivity contribution in [2.45, 2.75) is 6.42 Å². The number of anilines is 1. The summed E-state index contributed by atoms with van der Waals surface area (Å²) in [6.45, 7) is 0. The number of amides is 3. The van der Waals surface area contributed by atoms with Crippen molar-refractivity contribution < 1.29 is 23.5 Å². The summed E-state index contributed by atoms with van der Waals surface area (Å²) in [5.74, 6) is 0.342. The molecule has 1 aromatic carbocycles. The van der Waals surface area contributed by atoms with E-state index in [-0.39, 0.29) is 17.2 Å². The summed E-state index contributed by atoms with van der Waals surface area (Å²) >= 11 is 0.809. The molecule has 3 aromatic rings. The van der Waals surface area contributed by atoms with Crippen LogP contribution in [0.15, 0.2) is 52.0 Å². The normalized spacial score (nSPS) is 15.0. The van der Waals surface area contributed by atoms with E-state index in [2.05, 4.69) is 15.6 Å². The van der Waals surface area contributed by atoms with Crippen LogP contribution in [-0.2, 0) is 16.0 Å². The molecule has 0 atom stereocenters. The first kappa shape index (κ1) is 18.8. The molecule has 1 saturated heterocycles. The lowest BCUT2D eigenvalue weighted by Gasteiger charge is -2.07. The molecule has 3 heterocycles. The number of aromatic nitrogens is 1. The molecule has 0 bridgehead atoms. The van der Waals surface area contributed by atoms with Crippen molar-refractivity contribution in [2.24, 2.45) is 0 Å². The molecule has 4 rings (SSSR count). The predicted octanol–water partition coefficient (Wildman–Crippen LogP) is 3.34. The lowest BCUT2D eigenvalue weighted by molar-refractivity contribution is -0.116. The van der Waals surface area contributed by atoms with E-state index < -0.39 is 11.1 Å². The van der Waals surface area contributed by atoms with Crippen LogP contribution in [0.4, 0.5) is 10.5 Å². The number of pyridine rings is 1. The quantitative estimate of drug-likeness (QED) is 0.622. The second-order valence-corrected chi connectivity index (χ2v) is 7.19. The Kier molecular flexibility index (Phi) is 5.05. The van der Waals surface area contributed by atoms with Crippen LogP contribution in [0.1, 0.15) is 11.3 Å². The van der Waals surface area contributed by atoms with Crippen molar-refractivity contribution in [3.05, 3.63) is 59.0 Å². The van der Waals surface area contributed by atoms with E-state index in [1.54, 1.807) is 49.8 Å². The van der Waals surface area contributed by atoms with E-state index in [9.17, 15) is 14.4 Å². The van der Waals surface area contributed by atoms with Gasteiger partial charge in [-0.15, -0.1) is 0 Å². The van der Waals surface area contributed by atoms with Crippen molar-refractivity contribution in [1.82, 2.24) is 10.3 Å². The van der Waals surface area contributed by atoms with Crippen LogP contribution in [-0.4, -0.2) is 29.1 Å². The largest absolute Gasteiger partial charge is 0.497 e. The van der Waals surface area contributed by atoms with Crippen molar-refractivity contribution in [3.8, 4) is 5.75 Å². The summed E-state index contributed by atoms with van der Waals surface area (Å²) in [4.78, 5) is 39.9. The van der Waals surface area contributed by atoms with E-state index in [1.807, 2.05) is 0 Å². The van der Waals surface area contributed by atoms with E-state index in [4.69, 9.17) is 9.15 Å². The maximum atomic E-state index is 12.5. The summed E-state index contributed by atoms with van der Waals surface area (Å²) in [7, 11) is 1.56. The zero-order chi connectivity index (χ0) is 20.4. The molecule has 0 spiro atoms. The molecule has 146 valence electrons. The number of thioether (sulfide) groups is 1. The van der Waals surface area contributed by atoms with Crippen LogP contribution >= 0.6 is 11.8 Å². The van der Waals surface area contributed by atoms with Crippen molar-refractivity contribution in [1.29, 1.82) is 0 Å². The lowest BCUT2D eigenvalue weighted by atomic mass is 10.1. The Balaban J connectivity index is 1.55. The second-order valence-electron chi connectivity index (χ2n) is 6.17. The number of furan rings is 1. The Morgan fingerprint density at radius 3 is 2.93 bits per heavy atom. The number of benzene rings is 1. The van der Waals surface area contributed by atoms with Gasteiger partial charge in [-0.1, -0.05) is 6.07 Å². The standard InChI is InChI=1S/C20H15N3O5S/c1-27-14-4-2-3-13(7-14)22-17(24)6-12-10-21-9-11-5-15(28-18(11)12)8-16-19(25)23-20(26)29-16/h2-5,7-10H,6H2,1H3,(H,22,24)(H,23,25,26)/b16-8-. The number of hydrogen-bond acceptors (Lipinski definition) is 7. The second kappa shape index (κ2) is 7.80. The summed E-state index contributed by atoms with van der Waals surface area (Å²) in [6.07, 6.45) is 4.72. The van der Waals surface area contributed by atoms with Gasteiger partial charge in [-0.2, -0.15) is 0 Å². The van der Waals surface area contributed by atoms with E-state index in [1.165, 1.54) is 6.08 Å². The minimum atomic E-state index is -0.462. The summed E-state index contributed by atoms with van der Waals surface area (Å²) < 4.78 is 11.0. The molecule has 0 saturated carbocycles. The van der Waals surface area contributed by atoms with Crippen LogP contribution in [0.3, 0.4) is 0 Å². The number of carbonyl (C=O) groups excluding carboxylic acids is 3. The fraction of sp³-hybridized carbons (Fsp3) is 0.100. The van der Waals surface area contributed by atoms with Crippen LogP contribution in [0.2, 0.25) is 0 Å². The molecule has 8 nitrogen and oxygen atoms in total. The van der Waals surface area contributed by atoms with Gasteiger partial charge in [0.2, 0.25) is 5.91 Å². The smallest absolute Gasteiger partial charge is 0.290 e. The third kappa shape index (κ3) is 4.14. The molecule has 2 aromatic heterocycles. The third-order valence-corrected chi connectivity index (χ3v) is 4.95. The number of carbonyl (C=O) groups is 3. The highest BCUT2D eigenvalue weighted by atomic mass is 32.2. The lowest BCUT2D eigenvalue weighted by Crippen LogP contribution is -2.17. The monoisotopic (exact) mass is 409 g/mol. The molecule has 9 heteroatoms. The molecule has 0 aliphatic carbocycles. The number of hydrogen-bond donors (Lipinski definition) is 2. The first-order valence-electron chi connectivity index (χ1n) is 8.57. The molecule has 2 N–H and O–H groups in total. The molecule has 3 amide bonds. The summed E-state index contributed by atoms with van der Waals surface area (Å²) in [6, 6.07) is 8.76. The van der Waals surface area contributed by atoms with Crippen LogP contribution in [0, 0.1) is 0 Å². The maximum absolute atomic E-state index is 12.5. The number of nitrogens with one attached hydrogen (secondary N) is 2. The predicted molar refractivity (Wildman–Crippen MR) is 108 cm³/mol. The Morgan fingerprint density at radius 2 is 2.17 bits per heavy atom. The summed E-state index contributed by atoms with van der Waals surface area (Å²) in [5.41, 5.74) is 1.72. The Labute approximate surface area is 169 Å². The van der Waals surface area contributed by atoms with Crippen LogP contribution in [0.5, 0.6) is 5.75 Å². The fourth-order valence-electron chi connectivity index (χ4n) is 2.86. The van der Waals surface area contributed by atoms with Crippen molar-refractivity contribution >= 4 is 51.5 Å². The zero-order valence-electron chi connectivity index (χ0n) is 15.2. The Bertz CT molecular complexity index is 1170. The molecule has 1 fully saturated rings. The number of rotatable bonds is 5. The van der Waals surface area contributed by atoms with Gasteiger partial charge in [0.1, 0.15) is 17.1 Å². The highest BCUT2D eigenvalue weighted by molar-refractivity contribution is 8.18. The maximum Gasteiger partial charge on any atom is 0.290 e. The number of nitrogens with zero attached hydrogens (tertiary/aromatic N) is 1. The van der Waals surface area contributed by atoms with Gasteiger partial charge in [0.15, 0.2) is 0 Å². The summed E-state index contributed by atoms with van der Waals surface area (Å²) in [5, 5.41) is 5.27. The highest BCUT2D eigenvalue weighted by Gasteiger charge is 2.25. The highest BCUT2D eigenvalue weighted by Crippen LogP contribution is 2.29. The molecule has 29 heavy (non-hydrogen) atoms. The number of fused-ring (bicyclic) bond motifs is 1. The van der Waals surface area contributed by atoms with Gasteiger partial charge < -0.3 is 14.5 Å². The topological polar surface area (TPSA) is 111 Å². The van der Waals surface area contributed by atoms with Gasteiger partial charge in [-0.25, -0.2) is 0 Å². The first-order chi connectivity index (χ1) is 14.0. The minimum Gasteiger partial charge on any atom is -0.497 e. The SMILES string of the molecule is COc1cccc(NC(=O)Cc2cncc3cc(/C=C4\SC(=O)NC4=O)oc23)c1. The van der Waals surface area contributed by atoms with E-state index >= 15 is 0 Å². The molecule has 1 aliphatic heterocycles. The number of methoxy groups -OCH3 is 1. The Hall–Kier alpha value is -3.59. The number of ether oxygens (including phenoxy) is 1. The minimum absolute atomic E-state index is 0.0544. The average Bonchev–Trinajstić information content (AvgIpc) is 3.24. The first-order valence-corrected chi connectivity index (χ1v) is 9.38. The molecular weight excluding hydrogens is 394 g/mol. The number of imide groups is 1. The van der Waals surface area contributed by atoms with E-state index in [0.717, 1.165) is 11.8 Å². The fourth-order valence-corrected chi connectivity index (χ4v) is 3.53. The van der Waals surface area contributed by atoms with Gasteiger partial charge in [0.05, 0.1) is 18.4 Å².